The second-order valence-electron chi connectivity index (χ2n) is 3.70. The second-order valence-corrected chi connectivity index (χ2v) is 4.13. The van der Waals surface area contributed by atoms with E-state index in [2.05, 4.69) is 5.32 Å². The molecule has 5 heteroatoms. The van der Waals surface area contributed by atoms with Crippen molar-refractivity contribution in [1.29, 1.82) is 0 Å². The molecule has 0 saturated heterocycles. The van der Waals surface area contributed by atoms with Crippen molar-refractivity contribution in [1.82, 2.24) is 5.32 Å². The maximum atomic E-state index is 11.5. The van der Waals surface area contributed by atoms with E-state index in [-0.39, 0.29) is 6.04 Å². The molecule has 0 aliphatic heterocycles. The van der Waals surface area contributed by atoms with Gasteiger partial charge in [0.2, 0.25) is 5.91 Å². The van der Waals surface area contributed by atoms with Crippen molar-refractivity contribution >= 4 is 23.5 Å². The summed E-state index contributed by atoms with van der Waals surface area (Å²) in [6.07, 6.45) is 2.49. The number of carbonyl (C=O) groups excluding carboxylic acids is 1. The Bertz CT molecular complexity index is 471. The molecule has 1 rings (SSSR count). The highest BCUT2D eigenvalue weighted by Gasteiger charge is 2.11. The van der Waals surface area contributed by atoms with Gasteiger partial charge in [-0.3, -0.25) is 4.79 Å². The van der Waals surface area contributed by atoms with Crippen LogP contribution in [0, 0.1) is 0 Å². The number of hydrogen-bond donors (Lipinski definition) is 2. The first-order chi connectivity index (χ1) is 8.52. The van der Waals surface area contributed by atoms with Crippen LogP contribution in [0.5, 0.6) is 0 Å². The van der Waals surface area contributed by atoms with E-state index in [4.69, 9.17) is 16.7 Å². The summed E-state index contributed by atoms with van der Waals surface area (Å²) in [5.74, 6) is -1.59. The lowest BCUT2D eigenvalue weighted by Crippen LogP contribution is -2.26. The van der Waals surface area contributed by atoms with Gasteiger partial charge in [0.1, 0.15) is 0 Å². The fourth-order valence-electron chi connectivity index (χ4n) is 1.51. The van der Waals surface area contributed by atoms with E-state index >= 15 is 0 Å². The number of rotatable bonds is 5. The van der Waals surface area contributed by atoms with Gasteiger partial charge in [0, 0.05) is 17.2 Å². The Balaban J connectivity index is 2.73. The zero-order chi connectivity index (χ0) is 13.5. The summed E-state index contributed by atoms with van der Waals surface area (Å²) < 4.78 is 0. The highest BCUT2D eigenvalue weighted by atomic mass is 35.5. The molecule has 0 aromatic heterocycles. The number of aliphatic carboxylic acids is 1. The van der Waals surface area contributed by atoms with Gasteiger partial charge in [-0.15, -0.1) is 0 Å². The maximum Gasteiger partial charge on any atom is 0.328 e. The van der Waals surface area contributed by atoms with E-state index in [1.165, 1.54) is 0 Å². The number of carboxylic acids is 1. The van der Waals surface area contributed by atoms with E-state index in [1.807, 2.05) is 13.0 Å². The maximum absolute atomic E-state index is 11.5. The van der Waals surface area contributed by atoms with Crippen molar-refractivity contribution < 1.29 is 14.7 Å². The summed E-state index contributed by atoms with van der Waals surface area (Å²) >= 11 is 5.88. The van der Waals surface area contributed by atoms with Gasteiger partial charge >= 0.3 is 5.97 Å². The molecule has 2 N–H and O–H groups in total. The van der Waals surface area contributed by atoms with E-state index in [0.717, 1.165) is 17.7 Å². The van der Waals surface area contributed by atoms with Crippen LogP contribution in [0.1, 0.15) is 24.9 Å². The van der Waals surface area contributed by atoms with Crippen LogP contribution in [0.4, 0.5) is 0 Å². The van der Waals surface area contributed by atoms with Gasteiger partial charge in [0.15, 0.2) is 0 Å². The molecule has 1 aromatic rings. The molecular weight excluding hydrogens is 254 g/mol. The van der Waals surface area contributed by atoms with Gasteiger partial charge in [0.05, 0.1) is 6.04 Å². The van der Waals surface area contributed by atoms with Gasteiger partial charge < -0.3 is 10.4 Å². The molecular formula is C13H14ClNO3. The minimum Gasteiger partial charge on any atom is -0.478 e. The minimum atomic E-state index is -1.15. The predicted octanol–water partition coefficient (Wildman–Crippen LogP) is 2.55. The monoisotopic (exact) mass is 267 g/mol. The number of nitrogens with one attached hydrogen (secondary N) is 1. The Labute approximate surface area is 110 Å². The molecule has 0 fully saturated rings. The van der Waals surface area contributed by atoms with Crippen LogP contribution in [0.3, 0.4) is 0 Å². The van der Waals surface area contributed by atoms with Crippen LogP contribution >= 0.6 is 11.6 Å². The van der Waals surface area contributed by atoms with Gasteiger partial charge in [-0.1, -0.05) is 30.7 Å². The Kier molecular flexibility index (Phi) is 5.39. The zero-order valence-corrected chi connectivity index (χ0v) is 10.6. The lowest BCUT2D eigenvalue weighted by Gasteiger charge is -2.16. The van der Waals surface area contributed by atoms with Gasteiger partial charge in [-0.25, -0.2) is 4.79 Å². The van der Waals surface area contributed by atoms with Crippen molar-refractivity contribution in [2.24, 2.45) is 0 Å². The molecule has 0 aliphatic rings. The first kappa shape index (κ1) is 14.3. The van der Waals surface area contributed by atoms with E-state index < -0.39 is 11.9 Å². The molecule has 0 heterocycles. The molecule has 0 aliphatic carbocycles. The summed E-state index contributed by atoms with van der Waals surface area (Å²) in [7, 11) is 0. The summed E-state index contributed by atoms with van der Waals surface area (Å²) in [5, 5.41) is 11.7. The highest BCUT2D eigenvalue weighted by Crippen LogP contribution is 2.20. The molecule has 0 saturated carbocycles. The molecule has 1 aromatic carbocycles. The molecule has 1 unspecified atom stereocenters. The third kappa shape index (κ3) is 4.59. The molecule has 1 atom stereocenters. The average Bonchev–Trinajstić information content (AvgIpc) is 2.33. The van der Waals surface area contributed by atoms with E-state index in [0.29, 0.717) is 11.4 Å². The van der Waals surface area contributed by atoms with Crippen molar-refractivity contribution in [2.75, 3.05) is 0 Å². The highest BCUT2D eigenvalue weighted by molar-refractivity contribution is 6.30. The van der Waals surface area contributed by atoms with Gasteiger partial charge in [-0.2, -0.15) is 0 Å². The average molecular weight is 268 g/mol. The number of hydrogen-bond acceptors (Lipinski definition) is 2. The van der Waals surface area contributed by atoms with Crippen LogP contribution in [-0.2, 0) is 9.59 Å². The lowest BCUT2D eigenvalue weighted by molar-refractivity contribution is -0.131. The number of benzene rings is 1. The molecule has 4 nitrogen and oxygen atoms in total. The van der Waals surface area contributed by atoms with Crippen LogP contribution in [0.2, 0.25) is 5.02 Å². The minimum absolute atomic E-state index is 0.186. The van der Waals surface area contributed by atoms with Gasteiger partial charge in [0.25, 0.3) is 0 Å². The Morgan fingerprint density at radius 2 is 2.17 bits per heavy atom. The summed E-state index contributed by atoms with van der Waals surface area (Å²) in [4.78, 5) is 21.8. The fraction of sp³-hybridized carbons (Fsp3) is 0.231. The normalized spacial score (nSPS) is 12.3. The second kappa shape index (κ2) is 6.81. The molecule has 0 spiro atoms. The topological polar surface area (TPSA) is 66.4 Å². The predicted molar refractivity (Wildman–Crippen MR) is 69.4 cm³/mol. The Morgan fingerprint density at radius 3 is 2.72 bits per heavy atom. The van der Waals surface area contributed by atoms with Crippen molar-refractivity contribution in [3.8, 4) is 0 Å². The molecule has 18 heavy (non-hydrogen) atoms. The molecule has 96 valence electrons. The van der Waals surface area contributed by atoms with Crippen molar-refractivity contribution in [3.05, 3.63) is 47.0 Å². The van der Waals surface area contributed by atoms with Crippen LogP contribution in [0.15, 0.2) is 36.4 Å². The quantitative estimate of drug-likeness (QED) is 0.806. The van der Waals surface area contributed by atoms with Crippen molar-refractivity contribution in [3.63, 3.8) is 0 Å². The standard InChI is InChI=1S/C13H14ClNO3/c1-2-11(9-4-3-5-10(14)8-9)15-12(16)6-7-13(17)18/h3-8,11H,2H2,1H3,(H,15,16)(H,17,18)/b7-6+. The Hall–Kier alpha value is -1.81. The van der Waals surface area contributed by atoms with Gasteiger partial charge in [-0.05, 0) is 24.1 Å². The SMILES string of the molecule is CCC(NC(=O)/C=C/C(=O)O)c1cccc(Cl)c1. The van der Waals surface area contributed by atoms with Crippen LogP contribution in [0.25, 0.3) is 0 Å². The van der Waals surface area contributed by atoms with Crippen molar-refractivity contribution in [2.45, 2.75) is 19.4 Å². The van der Waals surface area contributed by atoms with Crippen LogP contribution in [-0.4, -0.2) is 17.0 Å². The summed E-state index contributed by atoms with van der Waals surface area (Å²) in [6.45, 7) is 1.92. The zero-order valence-electron chi connectivity index (χ0n) is 9.89. The number of carboxylic acid groups (broad SMARTS) is 1. The number of halogens is 1. The molecule has 0 radical (unpaired) electrons. The summed E-state index contributed by atoms with van der Waals surface area (Å²) in [5.41, 5.74) is 0.891. The third-order valence-corrected chi connectivity index (χ3v) is 2.59. The van der Waals surface area contributed by atoms with E-state index in [9.17, 15) is 9.59 Å². The molecule has 1 amide bonds. The summed E-state index contributed by atoms with van der Waals surface area (Å²) in [6, 6.07) is 7.01. The molecule has 0 bridgehead atoms. The smallest absolute Gasteiger partial charge is 0.328 e. The lowest BCUT2D eigenvalue weighted by atomic mass is 10.0. The van der Waals surface area contributed by atoms with E-state index in [1.54, 1.807) is 18.2 Å². The first-order valence-electron chi connectivity index (χ1n) is 5.50. The number of amides is 1. The fourth-order valence-corrected chi connectivity index (χ4v) is 1.71. The largest absolute Gasteiger partial charge is 0.478 e. The number of carbonyl (C=O) groups is 2. The third-order valence-electron chi connectivity index (χ3n) is 2.35. The first-order valence-corrected chi connectivity index (χ1v) is 5.87. The van der Waals surface area contributed by atoms with Crippen LogP contribution < -0.4 is 5.32 Å². The Morgan fingerprint density at radius 1 is 1.44 bits per heavy atom.